The van der Waals surface area contributed by atoms with E-state index in [0.29, 0.717) is 29.7 Å². The zero-order valence-corrected chi connectivity index (χ0v) is 15.1. The van der Waals surface area contributed by atoms with E-state index in [-0.39, 0.29) is 11.8 Å². The van der Waals surface area contributed by atoms with Gasteiger partial charge in [-0.15, -0.1) is 0 Å². The number of carbonyl (C=O) groups is 3. The van der Waals surface area contributed by atoms with Gasteiger partial charge in [-0.3, -0.25) is 9.59 Å². The van der Waals surface area contributed by atoms with Gasteiger partial charge in [0.15, 0.2) is 0 Å². The number of nitrogens with one attached hydrogen (secondary N) is 1. The van der Waals surface area contributed by atoms with Gasteiger partial charge in [0.25, 0.3) is 5.91 Å². The molecule has 0 aliphatic heterocycles. The van der Waals surface area contributed by atoms with E-state index in [0.717, 1.165) is 5.56 Å². The summed E-state index contributed by atoms with van der Waals surface area (Å²) in [5.41, 5.74) is 2.51. The SMILES string of the molecule is COC(=O)c1cccc(NC(=O)CCc2ccc(C(=O)N(C)C)cc2)c1. The average molecular weight is 354 g/mol. The maximum atomic E-state index is 12.1. The first-order valence-electron chi connectivity index (χ1n) is 8.19. The fourth-order valence-electron chi connectivity index (χ4n) is 2.40. The van der Waals surface area contributed by atoms with Gasteiger partial charge in [0.2, 0.25) is 5.91 Å². The molecule has 0 fully saturated rings. The van der Waals surface area contributed by atoms with Crippen molar-refractivity contribution in [2.24, 2.45) is 0 Å². The third kappa shape index (κ3) is 5.17. The second-order valence-electron chi connectivity index (χ2n) is 6.02. The summed E-state index contributed by atoms with van der Waals surface area (Å²) in [6, 6.07) is 13.8. The monoisotopic (exact) mass is 354 g/mol. The zero-order chi connectivity index (χ0) is 19.1. The van der Waals surface area contributed by atoms with Crippen LogP contribution in [0.3, 0.4) is 0 Å². The number of carbonyl (C=O) groups excluding carboxylic acids is 3. The van der Waals surface area contributed by atoms with Crippen molar-refractivity contribution in [3.63, 3.8) is 0 Å². The van der Waals surface area contributed by atoms with E-state index in [1.54, 1.807) is 50.5 Å². The van der Waals surface area contributed by atoms with Gasteiger partial charge in [-0.2, -0.15) is 0 Å². The Balaban J connectivity index is 1.91. The molecule has 0 heterocycles. The van der Waals surface area contributed by atoms with E-state index in [1.807, 2.05) is 12.1 Å². The number of hydrogen-bond acceptors (Lipinski definition) is 4. The fraction of sp³-hybridized carbons (Fsp3) is 0.250. The van der Waals surface area contributed by atoms with Crippen molar-refractivity contribution in [3.8, 4) is 0 Å². The predicted molar refractivity (Wildman–Crippen MR) is 99.2 cm³/mol. The van der Waals surface area contributed by atoms with Crippen molar-refractivity contribution >= 4 is 23.5 Å². The van der Waals surface area contributed by atoms with Gasteiger partial charge < -0.3 is 15.0 Å². The minimum atomic E-state index is -0.450. The zero-order valence-electron chi connectivity index (χ0n) is 15.1. The molecule has 26 heavy (non-hydrogen) atoms. The Bertz CT molecular complexity index is 798. The maximum absolute atomic E-state index is 12.1. The number of aryl methyl sites for hydroxylation is 1. The van der Waals surface area contributed by atoms with Gasteiger partial charge in [-0.05, 0) is 42.3 Å². The van der Waals surface area contributed by atoms with Crippen LogP contribution in [0.1, 0.15) is 32.7 Å². The Morgan fingerprint density at radius 3 is 2.31 bits per heavy atom. The third-order valence-corrected chi connectivity index (χ3v) is 3.82. The van der Waals surface area contributed by atoms with E-state index < -0.39 is 5.97 Å². The third-order valence-electron chi connectivity index (χ3n) is 3.82. The van der Waals surface area contributed by atoms with E-state index in [9.17, 15) is 14.4 Å². The Hall–Kier alpha value is -3.15. The first-order valence-corrected chi connectivity index (χ1v) is 8.19. The van der Waals surface area contributed by atoms with Crippen molar-refractivity contribution in [2.45, 2.75) is 12.8 Å². The highest BCUT2D eigenvalue weighted by Crippen LogP contribution is 2.13. The van der Waals surface area contributed by atoms with Crippen LogP contribution in [-0.4, -0.2) is 43.9 Å². The molecule has 2 amide bonds. The van der Waals surface area contributed by atoms with Gasteiger partial charge in [0.1, 0.15) is 0 Å². The molecular formula is C20H22N2O4. The van der Waals surface area contributed by atoms with Gasteiger partial charge in [0, 0.05) is 31.8 Å². The number of ether oxygens (including phenoxy) is 1. The number of hydrogen-bond donors (Lipinski definition) is 1. The summed E-state index contributed by atoms with van der Waals surface area (Å²) in [7, 11) is 4.72. The molecule has 136 valence electrons. The number of methoxy groups -OCH3 is 1. The Morgan fingerprint density at radius 1 is 1.00 bits per heavy atom. The van der Waals surface area contributed by atoms with Gasteiger partial charge in [-0.1, -0.05) is 18.2 Å². The molecule has 2 aromatic carbocycles. The second-order valence-corrected chi connectivity index (χ2v) is 6.02. The molecule has 0 unspecified atom stereocenters. The van der Waals surface area contributed by atoms with Crippen molar-refractivity contribution < 1.29 is 19.1 Å². The molecule has 1 N–H and O–H groups in total. The Kier molecular flexibility index (Phi) is 6.49. The molecule has 0 atom stereocenters. The summed E-state index contributed by atoms with van der Waals surface area (Å²) in [5.74, 6) is -0.659. The summed E-state index contributed by atoms with van der Waals surface area (Å²) in [5, 5.41) is 2.77. The van der Waals surface area contributed by atoms with Crippen LogP contribution in [0.25, 0.3) is 0 Å². The van der Waals surface area contributed by atoms with Gasteiger partial charge in [-0.25, -0.2) is 4.79 Å². The largest absolute Gasteiger partial charge is 0.465 e. The van der Waals surface area contributed by atoms with Crippen LogP contribution in [0.4, 0.5) is 5.69 Å². The average Bonchev–Trinajstić information content (AvgIpc) is 2.65. The first kappa shape index (κ1) is 19.2. The minimum Gasteiger partial charge on any atom is -0.465 e. The molecule has 6 heteroatoms. The van der Waals surface area contributed by atoms with E-state index in [1.165, 1.54) is 12.0 Å². The fourth-order valence-corrected chi connectivity index (χ4v) is 2.40. The van der Waals surface area contributed by atoms with Crippen LogP contribution in [0.5, 0.6) is 0 Å². The number of nitrogens with zero attached hydrogens (tertiary/aromatic N) is 1. The van der Waals surface area contributed by atoms with Crippen LogP contribution in [0.15, 0.2) is 48.5 Å². The minimum absolute atomic E-state index is 0.0558. The van der Waals surface area contributed by atoms with Crippen molar-refractivity contribution in [2.75, 3.05) is 26.5 Å². The molecule has 0 aliphatic carbocycles. The number of anilines is 1. The van der Waals surface area contributed by atoms with Crippen molar-refractivity contribution in [1.29, 1.82) is 0 Å². The molecule has 0 bridgehead atoms. The van der Waals surface area contributed by atoms with Gasteiger partial charge >= 0.3 is 5.97 Å². The van der Waals surface area contributed by atoms with Crippen LogP contribution >= 0.6 is 0 Å². The first-order chi connectivity index (χ1) is 12.4. The summed E-state index contributed by atoms with van der Waals surface area (Å²) >= 11 is 0. The van der Waals surface area contributed by atoms with Crippen molar-refractivity contribution in [1.82, 2.24) is 4.90 Å². The van der Waals surface area contributed by atoms with E-state index in [2.05, 4.69) is 10.1 Å². The molecular weight excluding hydrogens is 332 g/mol. The van der Waals surface area contributed by atoms with Crippen molar-refractivity contribution in [3.05, 3.63) is 65.2 Å². The highest BCUT2D eigenvalue weighted by Gasteiger charge is 2.09. The molecule has 0 saturated carbocycles. The molecule has 6 nitrogen and oxygen atoms in total. The molecule has 0 aliphatic rings. The lowest BCUT2D eigenvalue weighted by Gasteiger charge is -2.10. The summed E-state index contributed by atoms with van der Waals surface area (Å²) in [6.45, 7) is 0. The summed E-state index contributed by atoms with van der Waals surface area (Å²) in [4.78, 5) is 37.0. The van der Waals surface area contributed by atoms with Crippen LogP contribution in [0.2, 0.25) is 0 Å². The summed E-state index contributed by atoms with van der Waals surface area (Å²) < 4.78 is 4.66. The molecule has 2 aromatic rings. The molecule has 0 spiro atoms. The van der Waals surface area contributed by atoms with E-state index >= 15 is 0 Å². The standard InChI is InChI=1S/C20H22N2O4/c1-22(2)19(24)15-10-7-14(8-11-15)9-12-18(23)21-17-6-4-5-16(13-17)20(25)26-3/h4-8,10-11,13H,9,12H2,1-3H3,(H,21,23). The van der Waals surface area contributed by atoms with Crippen LogP contribution in [0, 0.1) is 0 Å². The number of benzene rings is 2. The summed E-state index contributed by atoms with van der Waals surface area (Å²) in [6.07, 6.45) is 0.850. The second kappa shape index (κ2) is 8.80. The lowest BCUT2D eigenvalue weighted by molar-refractivity contribution is -0.116. The lowest BCUT2D eigenvalue weighted by Crippen LogP contribution is -2.21. The number of rotatable bonds is 6. The van der Waals surface area contributed by atoms with E-state index in [4.69, 9.17) is 0 Å². The molecule has 0 radical (unpaired) electrons. The Labute approximate surface area is 152 Å². The lowest BCUT2D eigenvalue weighted by atomic mass is 10.1. The number of amides is 2. The topological polar surface area (TPSA) is 75.7 Å². The van der Waals surface area contributed by atoms with Gasteiger partial charge in [0.05, 0.1) is 12.7 Å². The molecule has 0 saturated heterocycles. The quantitative estimate of drug-likeness (QED) is 0.810. The van der Waals surface area contributed by atoms with Crippen LogP contribution < -0.4 is 5.32 Å². The number of esters is 1. The Morgan fingerprint density at radius 2 is 1.69 bits per heavy atom. The highest BCUT2D eigenvalue weighted by molar-refractivity contribution is 5.95. The molecule has 0 aromatic heterocycles. The highest BCUT2D eigenvalue weighted by atomic mass is 16.5. The molecule has 2 rings (SSSR count). The predicted octanol–water partition coefficient (Wildman–Crippen LogP) is 2.75. The smallest absolute Gasteiger partial charge is 0.337 e. The van der Waals surface area contributed by atoms with Crippen LogP contribution in [-0.2, 0) is 16.0 Å². The maximum Gasteiger partial charge on any atom is 0.337 e. The normalized spacial score (nSPS) is 10.1.